The van der Waals surface area contributed by atoms with Gasteiger partial charge in [0.1, 0.15) is 5.69 Å². The molecule has 0 aliphatic carbocycles. The minimum Gasteiger partial charge on any atom is -0.336 e. The molecule has 0 aliphatic rings. The normalized spacial score (nSPS) is 10.7. The quantitative estimate of drug-likeness (QED) is 0.878. The van der Waals surface area contributed by atoms with Gasteiger partial charge in [-0.1, -0.05) is 37.6 Å². The molecular formula is C16H21N3O. The van der Waals surface area contributed by atoms with E-state index in [2.05, 4.69) is 11.9 Å². The van der Waals surface area contributed by atoms with Gasteiger partial charge in [-0.2, -0.15) is 0 Å². The van der Waals surface area contributed by atoms with Gasteiger partial charge in [-0.05, 0) is 18.6 Å². The van der Waals surface area contributed by atoms with E-state index in [1.54, 1.807) is 11.0 Å². The summed E-state index contributed by atoms with van der Waals surface area (Å²) in [4.78, 5) is 18.7. The van der Waals surface area contributed by atoms with E-state index in [-0.39, 0.29) is 5.91 Å². The Balaban J connectivity index is 2.23. The first-order chi connectivity index (χ1) is 9.76. The molecule has 4 nitrogen and oxygen atoms in total. The number of rotatable bonds is 6. The molecule has 2 aromatic rings. The van der Waals surface area contributed by atoms with Crippen molar-refractivity contribution < 1.29 is 4.79 Å². The van der Waals surface area contributed by atoms with E-state index in [1.165, 1.54) is 0 Å². The van der Waals surface area contributed by atoms with Crippen molar-refractivity contribution >= 4 is 16.8 Å². The summed E-state index contributed by atoms with van der Waals surface area (Å²) in [6.07, 6.45) is 2.04. The third kappa shape index (κ3) is 3.33. The zero-order valence-corrected chi connectivity index (χ0v) is 11.9. The number of unbranched alkanes of at least 4 members (excludes halogenated alkanes) is 1. The minimum absolute atomic E-state index is 0.0327. The lowest BCUT2D eigenvalue weighted by molar-refractivity contribution is 0.0752. The zero-order valence-electron chi connectivity index (χ0n) is 11.9. The lowest BCUT2D eigenvalue weighted by Crippen LogP contribution is -2.36. The van der Waals surface area contributed by atoms with Gasteiger partial charge < -0.3 is 10.6 Å². The average molecular weight is 271 g/mol. The SMILES string of the molecule is CCCCN(CCN)C(=O)c1ccc2ccccc2n1. The maximum Gasteiger partial charge on any atom is 0.272 e. The van der Waals surface area contributed by atoms with Crippen LogP contribution in [0.2, 0.25) is 0 Å². The molecule has 0 saturated carbocycles. The average Bonchev–Trinajstić information content (AvgIpc) is 2.50. The standard InChI is InChI=1S/C16H21N3O/c1-2-3-11-19(12-10-17)16(20)15-9-8-13-6-4-5-7-14(13)18-15/h4-9H,2-3,10-12,17H2,1H3. The second kappa shape index (κ2) is 7.01. The zero-order chi connectivity index (χ0) is 14.4. The summed E-state index contributed by atoms with van der Waals surface area (Å²) in [5.74, 6) is -0.0327. The van der Waals surface area contributed by atoms with Gasteiger partial charge in [0.2, 0.25) is 0 Å². The fourth-order valence-electron chi connectivity index (χ4n) is 2.17. The third-order valence-electron chi connectivity index (χ3n) is 3.29. The summed E-state index contributed by atoms with van der Waals surface area (Å²) in [7, 11) is 0. The van der Waals surface area contributed by atoms with Crippen molar-refractivity contribution in [2.24, 2.45) is 5.73 Å². The predicted octanol–water partition coefficient (Wildman–Crippen LogP) is 2.44. The third-order valence-corrected chi connectivity index (χ3v) is 3.29. The molecule has 106 valence electrons. The molecule has 0 saturated heterocycles. The van der Waals surface area contributed by atoms with Gasteiger partial charge in [0.15, 0.2) is 0 Å². The van der Waals surface area contributed by atoms with Crippen molar-refractivity contribution in [1.29, 1.82) is 0 Å². The highest BCUT2D eigenvalue weighted by Crippen LogP contribution is 2.13. The van der Waals surface area contributed by atoms with Crippen LogP contribution in [0, 0.1) is 0 Å². The fourth-order valence-corrected chi connectivity index (χ4v) is 2.17. The van der Waals surface area contributed by atoms with E-state index in [0.717, 1.165) is 30.3 Å². The van der Waals surface area contributed by atoms with E-state index in [0.29, 0.717) is 18.8 Å². The van der Waals surface area contributed by atoms with Crippen LogP contribution in [0.5, 0.6) is 0 Å². The number of nitrogens with two attached hydrogens (primary N) is 1. The van der Waals surface area contributed by atoms with Gasteiger partial charge in [0.25, 0.3) is 5.91 Å². The highest BCUT2D eigenvalue weighted by atomic mass is 16.2. The largest absolute Gasteiger partial charge is 0.336 e. The Bertz CT molecular complexity index is 583. The number of carbonyl (C=O) groups excluding carboxylic acids is 1. The molecule has 1 heterocycles. The molecule has 0 unspecified atom stereocenters. The number of hydrogen-bond acceptors (Lipinski definition) is 3. The number of carbonyl (C=O) groups is 1. The summed E-state index contributed by atoms with van der Waals surface area (Å²) in [6, 6.07) is 11.5. The second-order valence-electron chi connectivity index (χ2n) is 4.82. The van der Waals surface area contributed by atoms with Gasteiger partial charge in [-0.3, -0.25) is 4.79 Å². The van der Waals surface area contributed by atoms with Crippen LogP contribution in [0.3, 0.4) is 0 Å². The Hall–Kier alpha value is -1.94. The van der Waals surface area contributed by atoms with E-state index in [9.17, 15) is 4.79 Å². The van der Waals surface area contributed by atoms with Gasteiger partial charge in [-0.15, -0.1) is 0 Å². The van der Waals surface area contributed by atoms with E-state index < -0.39 is 0 Å². The first-order valence-corrected chi connectivity index (χ1v) is 7.11. The number of aromatic nitrogens is 1. The van der Waals surface area contributed by atoms with Crippen molar-refractivity contribution in [2.45, 2.75) is 19.8 Å². The molecule has 1 aromatic heterocycles. The van der Waals surface area contributed by atoms with Crippen LogP contribution in [0.4, 0.5) is 0 Å². The molecule has 0 spiro atoms. The molecular weight excluding hydrogens is 250 g/mol. The van der Waals surface area contributed by atoms with Gasteiger partial charge >= 0.3 is 0 Å². The van der Waals surface area contributed by atoms with Crippen molar-refractivity contribution in [1.82, 2.24) is 9.88 Å². The van der Waals surface area contributed by atoms with Gasteiger partial charge in [0, 0.05) is 25.0 Å². The lowest BCUT2D eigenvalue weighted by Gasteiger charge is -2.21. The van der Waals surface area contributed by atoms with Crippen LogP contribution in [0.1, 0.15) is 30.3 Å². The lowest BCUT2D eigenvalue weighted by atomic mass is 10.2. The molecule has 2 N–H and O–H groups in total. The van der Waals surface area contributed by atoms with Crippen LogP contribution in [-0.4, -0.2) is 35.4 Å². The number of pyridine rings is 1. The highest BCUT2D eigenvalue weighted by molar-refractivity contribution is 5.94. The van der Waals surface area contributed by atoms with Crippen molar-refractivity contribution in [2.75, 3.05) is 19.6 Å². The predicted molar refractivity (Wildman–Crippen MR) is 81.6 cm³/mol. The molecule has 0 aliphatic heterocycles. The topological polar surface area (TPSA) is 59.2 Å². The maximum atomic E-state index is 12.5. The molecule has 1 aromatic carbocycles. The first-order valence-electron chi connectivity index (χ1n) is 7.11. The summed E-state index contributed by atoms with van der Waals surface area (Å²) >= 11 is 0. The number of para-hydroxylation sites is 1. The molecule has 1 amide bonds. The number of hydrogen-bond donors (Lipinski definition) is 1. The van der Waals surface area contributed by atoms with E-state index >= 15 is 0 Å². The number of amides is 1. The summed E-state index contributed by atoms with van der Waals surface area (Å²) < 4.78 is 0. The molecule has 0 bridgehead atoms. The van der Waals surface area contributed by atoms with Crippen molar-refractivity contribution in [3.8, 4) is 0 Å². The molecule has 4 heteroatoms. The Kier molecular flexibility index (Phi) is 5.07. The Morgan fingerprint density at radius 1 is 1.20 bits per heavy atom. The fraction of sp³-hybridized carbons (Fsp3) is 0.375. The Morgan fingerprint density at radius 3 is 2.75 bits per heavy atom. The van der Waals surface area contributed by atoms with Gasteiger partial charge in [0.05, 0.1) is 5.52 Å². The van der Waals surface area contributed by atoms with Crippen LogP contribution >= 0.6 is 0 Å². The molecule has 2 rings (SSSR count). The highest BCUT2D eigenvalue weighted by Gasteiger charge is 2.16. The van der Waals surface area contributed by atoms with Crippen molar-refractivity contribution in [3.05, 3.63) is 42.1 Å². The second-order valence-corrected chi connectivity index (χ2v) is 4.82. The van der Waals surface area contributed by atoms with Crippen molar-refractivity contribution in [3.63, 3.8) is 0 Å². The van der Waals surface area contributed by atoms with E-state index in [1.807, 2.05) is 30.3 Å². The monoisotopic (exact) mass is 271 g/mol. The number of nitrogens with zero attached hydrogens (tertiary/aromatic N) is 2. The van der Waals surface area contributed by atoms with Gasteiger partial charge in [-0.25, -0.2) is 4.98 Å². The maximum absolute atomic E-state index is 12.5. The minimum atomic E-state index is -0.0327. The first kappa shape index (κ1) is 14.5. The Morgan fingerprint density at radius 2 is 2.00 bits per heavy atom. The van der Waals surface area contributed by atoms with E-state index in [4.69, 9.17) is 5.73 Å². The van der Waals surface area contributed by atoms with Crippen LogP contribution in [-0.2, 0) is 0 Å². The molecule has 0 fully saturated rings. The van der Waals surface area contributed by atoms with Crippen LogP contribution < -0.4 is 5.73 Å². The number of fused-ring (bicyclic) bond motifs is 1. The summed E-state index contributed by atoms with van der Waals surface area (Å²) in [5, 5.41) is 1.04. The molecule has 0 radical (unpaired) electrons. The summed E-state index contributed by atoms with van der Waals surface area (Å²) in [6.45, 7) is 3.90. The Labute approximate surface area is 119 Å². The van der Waals surface area contributed by atoms with Crippen LogP contribution in [0.25, 0.3) is 10.9 Å². The van der Waals surface area contributed by atoms with Crippen LogP contribution in [0.15, 0.2) is 36.4 Å². The molecule has 0 atom stereocenters. The number of benzene rings is 1. The smallest absolute Gasteiger partial charge is 0.272 e. The molecule has 20 heavy (non-hydrogen) atoms. The summed E-state index contributed by atoms with van der Waals surface area (Å²) in [5.41, 5.74) is 6.94.